The molecule has 0 saturated carbocycles. The first-order valence-corrected chi connectivity index (χ1v) is 7.26. The molecule has 0 amide bonds. The lowest BCUT2D eigenvalue weighted by Gasteiger charge is -2.05. The predicted octanol–water partition coefficient (Wildman–Crippen LogP) is 4.85. The molecule has 0 saturated heterocycles. The van der Waals surface area contributed by atoms with Gasteiger partial charge < -0.3 is 9.29 Å². The molecule has 0 heterocycles. The van der Waals surface area contributed by atoms with Crippen LogP contribution < -0.4 is 0 Å². The Morgan fingerprint density at radius 2 is 2.10 bits per heavy atom. The summed E-state index contributed by atoms with van der Waals surface area (Å²) in [6.07, 6.45) is 4.76. The van der Waals surface area contributed by atoms with Crippen molar-refractivity contribution in [2.24, 2.45) is 4.99 Å². The topological polar surface area (TPSA) is 41.8 Å². The molecular weight excluding hydrogens is 270 g/mol. The molecule has 0 aliphatic heterocycles. The third kappa shape index (κ3) is 6.59. The molecule has 0 atom stereocenters. The minimum Gasteiger partial charge on any atom is -0.511 e. The molecule has 1 rings (SSSR count). The van der Waals surface area contributed by atoms with E-state index in [4.69, 9.17) is 4.18 Å². The smallest absolute Gasteiger partial charge is 0.111 e. The third-order valence-electron chi connectivity index (χ3n) is 2.54. The second-order valence-corrected chi connectivity index (χ2v) is 5.21. The fraction of sp³-hybridized carbons (Fsp3) is 0.312. The summed E-state index contributed by atoms with van der Waals surface area (Å²) in [7, 11) is 0. The Morgan fingerprint density at radius 1 is 1.40 bits per heavy atom. The van der Waals surface area contributed by atoms with E-state index in [1.807, 2.05) is 12.1 Å². The fourth-order valence-electron chi connectivity index (χ4n) is 1.42. The molecule has 20 heavy (non-hydrogen) atoms. The summed E-state index contributed by atoms with van der Waals surface area (Å²) in [4.78, 5) is 5.28. The Bertz CT molecular complexity index is 474. The molecule has 108 valence electrons. The summed E-state index contributed by atoms with van der Waals surface area (Å²) in [6, 6.07) is 8.15. The average Bonchev–Trinajstić information content (AvgIpc) is 2.43. The summed E-state index contributed by atoms with van der Waals surface area (Å²) in [5, 5.41) is 9.54. The van der Waals surface area contributed by atoms with Crippen LogP contribution in [0.1, 0.15) is 25.3 Å². The Balaban J connectivity index is 2.36. The molecule has 0 radical (unpaired) electrons. The normalized spacial score (nSPS) is 12.5. The highest BCUT2D eigenvalue weighted by molar-refractivity contribution is 7.94. The molecule has 1 aromatic carbocycles. The number of rotatable bonds is 8. The van der Waals surface area contributed by atoms with Gasteiger partial charge >= 0.3 is 0 Å². The number of hydrogen-bond acceptors (Lipinski definition) is 4. The molecule has 0 aliphatic carbocycles. The zero-order chi connectivity index (χ0) is 14.8. The molecule has 0 fully saturated rings. The van der Waals surface area contributed by atoms with E-state index >= 15 is 0 Å². The second-order valence-electron chi connectivity index (χ2n) is 4.34. The second kappa shape index (κ2) is 9.39. The Labute approximate surface area is 125 Å². The lowest BCUT2D eigenvalue weighted by Crippen LogP contribution is -1.93. The monoisotopic (exact) mass is 291 g/mol. The van der Waals surface area contributed by atoms with Crippen LogP contribution in [0, 0.1) is 6.92 Å². The van der Waals surface area contributed by atoms with Crippen LogP contribution in [0.3, 0.4) is 0 Å². The molecule has 0 unspecified atom stereocenters. The van der Waals surface area contributed by atoms with Crippen LogP contribution in [0.4, 0.5) is 0 Å². The number of allylic oxidation sites excluding steroid dienone is 2. The Hall–Kier alpha value is -1.52. The van der Waals surface area contributed by atoms with Crippen molar-refractivity contribution in [1.29, 1.82) is 0 Å². The fourth-order valence-corrected chi connectivity index (χ4v) is 1.97. The quantitative estimate of drug-likeness (QED) is 0.245. The van der Waals surface area contributed by atoms with E-state index in [0.717, 1.165) is 4.90 Å². The minimum atomic E-state index is 0.231. The van der Waals surface area contributed by atoms with Crippen molar-refractivity contribution in [2.45, 2.75) is 31.6 Å². The van der Waals surface area contributed by atoms with E-state index < -0.39 is 0 Å². The maximum atomic E-state index is 9.54. The summed E-state index contributed by atoms with van der Waals surface area (Å²) in [5.41, 5.74) is 1.88. The number of aryl methyl sites for hydroxylation is 1. The highest BCUT2D eigenvalue weighted by atomic mass is 32.2. The van der Waals surface area contributed by atoms with Gasteiger partial charge in [0.25, 0.3) is 0 Å². The zero-order valence-corrected chi connectivity index (χ0v) is 12.8. The summed E-state index contributed by atoms with van der Waals surface area (Å²) >= 11 is 1.34. The van der Waals surface area contributed by atoms with Crippen molar-refractivity contribution in [1.82, 2.24) is 0 Å². The summed E-state index contributed by atoms with van der Waals surface area (Å²) < 4.78 is 5.52. The highest BCUT2D eigenvalue weighted by Crippen LogP contribution is 2.20. The molecule has 4 heteroatoms. The van der Waals surface area contributed by atoms with E-state index in [1.54, 1.807) is 19.2 Å². The minimum absolute atomic E-state index is 0.231. The molecule has 1 N–H and O–H groups in total. The molecule has 0 spiro atoms. The van der Waals surface area contributed by atoms with Gasteiger partial charge in [0.05, 0.1) is 12.3 Å². The first-order valence-electron chi connectivity index (χ1n) is 6.51. The number of aliphatic imine (C=N–C) groups is 1. The van der Waals surface area contributed by atoms with Crippen LogP contribution in [0.25, 0.3) is 0 Å². The van der Waals surface area contributed by atoms with Crippen molar-refractivity contribution in [2.75, 3.05) is 6.61 Å². The molecular formula is C16H21NO2S. The summed E-state index contributed by atoms with van der Waals surface area (Å²) in [6.45, 7) is 7.80. The van der Waals surface area contributed by atoms with Gasteiger partial charge in [-0.3, -0.25) is 4.99 Å². The van der Waals surface area contributed by atoms with Gasteiger partial charge in [-0.1, -0.05) is 23.8 Å². The lowest BCUT2D eigenvalue weighted by molar-refractivity contribution is 0.362. The Kier molecular flexibility index (Phi) is 7.77. The van der Waals surface area contributed by atoms with E-state index in [9.17, 15) is 5.11 Å². The van der Waals surface area contributed by atoms with Gasteiger partial charge in [-0.25, -0.2) is 0 Å². The standard InChI is InChI=1S/C16H21NO2S/c1-4-5-11-17-16(14(3)18)10-12-19-20-15-8-6-13(2)7-9-15/h4,6-9,11,18H,1,5,10,12H2,2-3H3/b16-14-,17-11?. The Morgan fingerprint density at radius 3 is 2.70 bits per heavy atom. The van der Waals surface area contributed by atoms with Gasteiger partial charge in [0, 0.05) is 36.0 Å². The van der Waals surface area contributed by atoms with Gasteiger partial charge in [0.1, 0.15) is 5.76 Å². The third-order valence-corrected chi connectivity index (χ3v) is 3.28. The van der Waals surface area contributed by atoms with Gasteiger partial charge in [-0.2, -0.15) is 0 Å². The predicted molar refractivity (Wildman–Crippen MR) is 86.2 cm³/mol. The van der Waals surface area contributed by atoms with Gasteiger partial charge in [-0.15, -0.1) is 6.58 Å². The van der Waals surface area contributed by atoms with Gasteiger partial charge in [0.15, 0.2) is 0 Å². The zero-order valence-electron chi connectivity index (χ0n) is 12.0. The van der Waals surface area contributed by atoms with Crippen molar-refractivity contribution in [3.8, 4) is 0 Å². The van der Waals surface area contributed by atoms with Crippen molar-refractivity contribution < 1.29 is 9.29 Å². The SMILES string of the molecule is C=CCC=N/C(CCOSc1ccc(C)cc1)=C(/C)O. The lowest BCUT2D eigenvalue weighted by atomic mass is 10.2. The van der Waals surface area contributed by atoms with E-state index in [-0.39, 0.29) is 5.76 Å². The van der Waals surface area contributed by atoms with Crippen molar-refractivity contribution in [3.05, 3.63) is 53.9 Å². The van der Waals surface area contributed by atoms with Crippen LogP contribution in [-0.4, -0.2) is 17.9 Å². The first kappa shape index (κ1) is 16.5. The average molecular weight is 291 g/mol. The maximum Gasteiger partial charge on any atom is 0.111 e. The molecule has 3 nitrogen and oxygen atoms in total. The van der Waals surface area contributed by atoms with Crippen LogP contribution in [-0.2, 0) is 4.18 Å². The van der Waals surface area contributed by atoms with Crippen LogP contribution in [0.2, 0.25) is 0 Å². The van der Waals surface area contributed by atoms with Crippen molar-refractivity contribution >= 4 is 18.3 Å². The number of nitrogens with zero attached hydrogens (tertiary/aromatic N) is 1. The number of hydrogen-bond donors (Lipinski definition) is 1. The largest absolute Gasteiger partial charge is 0.511 e. The van der Waals surface area contributed by atoms with E-state index in [2.05, 4.69) is 30.6 Å². The highest BCUT2D eigenvalue weighted by Gasteiger charge is 2.01. The van der Waals surface area contributed by atoms with Crippen LogP contribution in [0.15, 0.2) is 58.3 Å². The molecule has 1 aromatic rings. The van der Waals surface area contributed by atoms with Gasteiger partial charge in [-0.05, 0) is 26.0 Å². The molecule has 0 bridgehead atoms. The molecule has 0 aromatic heterocycles. The molecule has 0 aliphatic rings. The van der Waals surface area contributed by atoms with Gasteiger partial charge in [0.2, 0.25) is 0 Å². The van der Waals surface area contributed by atoms with Crippen molar-refractivity contribution in [3.63, 3.8) is 0 Å². The first-order chi connectivity index (χ1) is 9.63. The van der Waals surface area contributed by atoms with E-state index in [1.165, 1.54) is 17.6 Å². The maximum absolute atomic E-state index is 9.54. The van der Waals surface area contributed by atoms with Crippen LogP contribution in [0.5, 0.6) is 0 Å². The summed E-state index contributed by atoms with van der Waals surface area (Å²) in [5.74, 6) is 0.231. The number of benzene rings is 1. The van der Waals surface area contributed by atoms with E-state index in [0.29, 0.717) is 25.1 Å². The number of aliphatic hydroxyl groups is 1. The number of aliphatic hydroxyl groups excluding tert-OH is 1. The van der Waals surface area contributed by atoms with Crippen LogP contribution >= 0.6 is 12.0 Å².